The smallest absolute Gasteiger partial charge is 0.303 e. The van der Waals surface area contributed by atoms with Crippen LogP contribution in [0.1, 0.15) is 43.4 Å². The van der Waals surface area contributed by atoms with Crippen LogP contribution in [0.5, 0.6) is 5.75 Å². The predicted molar refractivity (Wildman–Crippen MR) is 110 cm³/mol. The summed E-state index contributed by atoms with van der Waals surface area (Å²) in [4.78, 5) is 11.0. The third-order valence-electron chi connectivity index (χ3n) is 5.61. The van der Waals surface area contributed by atoms with Gasteiger partial charge in [0.05, 0.1) is 17.3 Å². The molecule has 1 aliphatic rings. The summed E-state index contributed by atoms with van der Waals surface area (Å²) in [5, 5.41) is 14.7. The van der Waals surface area contributed by atoms with Gasteiger partial charge in [-0.15, -0.1) is 0 Å². The van der Waals surface area contributed by atoms with Gasteiger partial charge in [0.15, 0.2) is 0 Å². The molecule has 5 heteroatoms. The molecule has 0 bridgehead atoms. The molecule has 5 nitrogen and oxygen atoms in total. The summed E-state index contributed by atoms with van der Waals surface area (Å²) in [7, 11) is 1.95. The van der Waals surface area contributed by atoms with Crippen molar-refractivity contribution >= 4 is 16.9 Å². The SMILES string of the molecule is Cc1nn(C)c2ccc(-c3cc(CCC(=O)O)ccc3OC3CCCC3)cc12. The zero-order valence-electron chi connectivity index (χ0n) is 16.4. The third kappa shape index (κ3) is 3.75. The number of aliphatic carboxylic acids is 1. The summed E-state index contributed by atoms with van der Waals surface area (Å²) in [6.07, 6.45) is 5.55. The maximum atomic E-state index is 11.0. The van der Waals surface area contributed by atoms with Gasteiger partial charge in [-0.05, 0) is 74.4 Å². The number of benzene rings is 2. The highest BCUT2D eigenvalue weighted by molar-refractivity contribution is 5.88. The molecule has 0 aliphatic heterocycles. The van der Waals surface area contributed by atoms with E-state index in [2.05, 4.69) is 29.4 Å². The molecule has 0 spiro atoms. The van der Waals surface area contributed by atoms with Gasteiger partial charge in [0.1, 0.15) is 5.75 Å². The van der Waals surface area contributed by atoms with E-state index in [0.29, 0.717) is 6.42 Å². The molecule has 0 saturated heterocycles. The van der Waals surface area contributed by atoms with E-state index in [0.717, 1.165) is 51.9 Å². The Morgan fingerprint density at radius 1 is 1.21 bits per heavy atom. The Morgan fingerprint density at radius 2 is 2.00 bits per heavy atom. The Labute approximate surface area is 164 Å². The summed E-state index contributed by atoms with van der Waals surface area (Å²) in [5.41, 5.74) is 5.22. The zero-order chi connectivity index (χ0) is 19.7. The van der Waals surface area contributed by atoms with Crippen molar-refractivity contribution in [3.05, 3.63) is 47.7 Å². The number of aromatic nitrogens is 2. The average Bonchev–Trinajstić information content (AvgIpc) is 3.29. The first kappa shape index (κ1) is 18.5. The van der Waals surface area contributed by atoms with E-state index in [1.165, 1.54) is 12.8 Å². The molecule has 0 unspecified atom stereocenters. The van der Waals surface area contributed by atoms with Gasteiger partial charge in [0.2, 0.25) is 0 Å². The lowest BCUT2D eigenvalue weighted by molar-refractivity contribution is -0.136. The number of carboxylic acid groups (broad SMARTS) is 1. The first-order valence-electron chi connectivity index (χ1n) is 9.96. The summed E-state index contributed by atoms with van der Waals surface area (Å²) < 4.78 is 8.25. The van der Waals surface area contributed by atoms with E-state index in [9.17, 15) is 4.79 Å². The summed E-state index contributed by atoms with van der Waals surface area (Å²) in [5.74, 6) is 0.104. The van der Waals surface area contributed by atoms with E-state index in [-0.39, 0.29) is 12.5 Å². The predicted octanol–water partition coefficient (Wildman–Crippen LogP) is 4.89. The fourth-order valence-corrected chi connectivity index (χ4v) is 4.11. The topological polar surface area (TPSA) is 64.4 Å². The standard InChI is InChI=1S/C23H26N2O3/c1-15-19-14-17(9-10-21(19)25(2)24-15)20-13-16(8-12-23(26)27)7-11-22(20)28-18-5-3-4-6-18/h7,9-11,13-14,18H,3-6,8,12H2,1-2H3,(H,26,27). The van der Waals surface area contributed by atoms with Crippen LogP contribution >= 0.6 is 0 Å². The van der Waals surface area contributed by atoms with Crippen molar-refractivity contribution in [1.82, 2.24) is 9.78 Å². The highest BCUT2D eigenvalue weighted by Gasteiger charge is 2.19. The zero-order valence-corrected chi connectivity index (χ0v) is 16.4. The van der Waals surface area contributed by atoms with Gasteiger partial charge < -0.3 is 9.84 Å². The maximum absolute atomic E-state index is 11.0. The number of fused-ring (bicyclic) bond motifs is 1. The lowest BCUT2D eigenvalue weighted by Gasteiger charge is -2.18. The van der Waals surface area contributed by atoms with Crippen molar-refractivity contribution in [3.8, 4) is 16.9 Å². The number of aryl methyl sites for hydroxylation is 3. The van der Waals surface area contributed by atoms with Crippen LogP contribution in [0.25, 0.3) is 22.0 Å². The number of hydrogen-bond donors (Lipinski definition) is 1. The maximum Gasteiger partial charge on any atom is 0.303 e. The number of carboxylic acids is 1. The molecule has 1 N–H and O–H groups in total. The highest BCUT2D eigenvalue weighted by atomic mass is 16.5. The molecular formula is C23H26N2O3. The minimum Gasteiger partial charge on any atom is -0.490 e. The minimum atomic E-state index is -0.778. The summed E-state index contributed by atoms with van der Waals surface area (Å²) in [6, 6.07) is 12.4. The molecule has 3 aromatic rings. The van der Waals surface area contributed by atoms with Crippen LogP contribution in [0.3, 0.4) is 0 Å². The van der Waals surface area contributed by atoms with E-state index in [1.807, 2.05) is 30.8 Å². The normalized spacial score (nSPS) is 14.6. The molecule has 4 rings (SSSR count). The molecule has 146 valence electrons. The van der Waals surface area contributed by atoms with Gasteiger partial charge in [0, 0.05) is 24.4 Å². The third-order valence-corrected chi connectivity index (χ3v) is 5.61. The van der Waals surface area contributed by atoms with Gasteiger partial charge in [0.25, 0.3) is 0 Å². The fourth-order valence-electron chi connectivity index (χ4n) is 4.11. The van der Waals surface area contributed by atoms with Gasteiger partial charge in [-0.1, -0.05) is 12.1 Å². The number of nitrogens with zero attached hydrogens (tertiary/aromatic N) is 2. The summed E-state index contributed by atoms with van der Waals surface area (Å²) in [6.45, 7) is 2.02. The van der Waals surface area contributed by atoms with Crippen molar-refractivity contribution in [2.24, 2.45) is 7.05 Å². The second kappa shape index (κ2) is 7.66. The van der Waals surface area contributed by atoms with Gasteiger partial charge in [-0.2, -0.15) is 5.10 Å². The molecule has 1 fully saturated rings. The van der Waals surface area contributed by atoms with Crippen LogP contribution in [-0.2, 0) is 18.3 Å². The Kier molecular flexibility index (Phi) is 5.07. The number of carbonyl (C=O) groups is 1. The van der Waals surface area contributed by atoms with Gasteiger partial charge in [-0.3, -0.25) is 9.48 Å². The number of ether oxygens (including phenoxy) is 1. The van der Waals surface area contributed by atoms with E-state index in [1.54, 1.807) is 0 Å². The van der Waals surface area contributed by atoms with Crippen molar-refractivity contribution in [3.63, 3.8) is 0 Å². The average molecular weight is 378 g/mol. The van der Waals surface area contributed by atoms with Crippen LogP contribution in [0.15, 0.2) is 36.4 Å². The summed E-state index contributed by atoms with van der Waals surface area (Å²) >= 11 is 0. The van der Waals surface area contributed by atoms with Crippen LogP contribution in [0.2, 0.25) is 0 Å². The van der Waals surface area contributed by atoms with Crippen molar-refractivity contribution in [2.45, 2.75) is 51.6 Å². The molecule has 1 aliphatic carbocycles. The Morgan fingerprint density at radius 3 is 2.75 bits per heavy atom. The molecule has 0 atom stereocenters. The van der Waals surface area contributed by atoms with Crippen LogP contribution in [0, 0.1) is 6.92 Å². The van der Waals surface area contributed by atoms with Crippen LogP contribution in [-0.4, -0.2) is 27.0 Å². The molecule has 1 saturated carbocycles. The molecule has 1 aromatic heterocycles. The van der Waals surface area contributed by atoms with Gasteiger partial charge >= 0.3 is 5.97 Å². The van der Waals surface area contributed by atoms with E-state index < -0.39 is 5.97 Å². The molecule has 0 radical (unpaired) electrons. The first-order chi connectivity index (χ1) is 13.5. The van der Waals surface area contributed by atoms with Crippen molar-refractivity contribution < 1.29 is 14.6 Å². The van der Waals surface area contributed by atoms with Crippen molar-refractivity contribution in [1.29, 1.82) is 0 Å². The molecule has 2 aromatic carbocycles. The number of hydrogen-bond acceptors (Lipinski definition) is 3. The molecular weight excluding hydrogens is 352 g/mol. The lowest BCUT2D eigenvalue weighted by Crippen LogP contribution is -2.11. The second-order valence-corrected chi connectivity index (χ2v) is 7.69. The Bertz CT molecular complexity index is 1020. The molecule has 1 heterocycles. The molecule has 0 amide bonds. The molecule has 28 heavy (non-hydrogen) atoms. The fraction of sp³-hybridized carbons (Fsp3) is 0.391. The van der Waals surface area contributed by atoms with Crippen LogP contribution < -0.4 is 4.74 Å². The van der Waals surface area contributed by atoms with Crippen LogP contribution in [0.4, 0.5) is 0 Å². The van der Waals surface area contributed by atoms with Gasteiger partial charge in [-0.25, -0.2) is 0 Å². The first-order valence-corrected chi connectivity index (χ1v) is 9.96. The quantitative estimate of drug-likeness (QED) is 0.663. The Hall–Kier alpha value is -2.82. The van der Waals surface area contributed by atoms with Crippen molar-refractivity contribution in [2.75, 3.05) is 0 Å². The Balaban J connectivity index is 1.75. The van der Waals surface area contributed by atoms with E-state index in [4.69, 9.17) is 9.84 Å². The van der Waals surface area contributed by atoms with E-state index >= 15 is 0 Å². The second-order valence-electron chi connectivity index (χ2n) is 7.69. The monoisotopic (exact) mass is 378 g/mol. The minimum absolute atomic E-state index is 0.128. The lowest BCUT2D eigenvalue weighted by atomic mass is 9.98. The highest BCUT2D eigenvalue weighted by Crippen LogP contribution is 2.36. The largest absolute Gasteiger partial charge is 0.490 e. The number of rotatable bonds is 6.